The van der Waals surface area contributed by atoms with E-state index in [1.165, 1.54) is 12.8 Å². The standard InChI is InChI=1S/C20H27N3O2.ClH/c1-22-18(24)10-9-17(19(22)14-5-3-2-4-6-14)20(25)23-12-11-15-7-8-16(13-23)21-15;/h2-6,15-17,19,21H,7-13H2,1H3;1H. The molecule has 3 heterocycles. The average Bonchev–Trinajstić information content (AvgIpc) is 2.96. The van der Waals surface area contributed by atoms with Crippen LogP contribution in [-0.2, 0) is 9.59 Å². The molecule has 1 aromatic carbocycles. The maximum atomic E-state index is 13.4. The van der Waals surface area contributed by atoms with Gasteiger partial charge >= 0.3 is 0 Å². The summed E-state index contributed by atoms with van der Waals surface area (Å²) < 4.78 is 0. The Bertz CT molecular complexity index is 654. The maximum absolute atomic E-state index is 13.4. The quantitative estimate of drug-likeness (QED) is 0.860. The zero-order valence-corrected chi connectivity index (χ0v) is 16.1. The van der Waals surface area contributed by atoms with Crippen LogP contribution in [0.15, 0.2) is 30.3 Å². The number of hydrogen-bond donors (Lipinski definition) is 1. The van der Waals surface area contributed by atoms with Crippen LogP contribution in [-0.4, -0.2) is 53.8 Å². The van der Waals surface area contributed by atoms with Crippen LogP contribution in [0, 0.1) is 5.92 Å². The van der Waals surface area contributed by atoms with Crippen LogP contribution >= 0.6 is 12.4 Å². The Morgan fingerprint density at radius 1 is 1.08 bits per heavy atom. The molecule has 5 nitrogen and oxygen atoms in total. The SMILES string of the molecule is CN1C(=O)CCC(C(=O)N2CCC3CCC(C2)N3)C1c1ccccc1.Cl. The lowest BCUT2D eigenvalue weighted by molar-refractivity contribution is -0.146. The smallest absolute Gasteiger partial charge is 0.228 e. The van der Waals surface area contributed by atoms with E-state index in [-0.39, 0.29) is 36.2 Å². The van der Waals surface area contributed by atoms with E-state index in [1.54, 1.807) is 4.90 Å². The maximum Gasteiger partial charge on any atom is 0.228 e. The van der Waals surface area contributed by atoms with Crippen molar-refractivity contribution in [3.8, 4) is 0 Å². The number of carbonyl (C=O) groups excluding carboxylic acids is 2. The number of hydrogen-bond acceptors (Lipinski definition) is 3. The van der Waals surface area contributed by atoms with Gasteiger partial charge in [-0.2, -0.15) is 0 Å². The Kier molecular flexibility index (Phi) is 5.88. The van der Waals surface area contributed by atoms with Gasteiger partial charge in [-0.25, -0.2) is 0 Å². The van der Waals surface area contributed by atoms with Gasteiger partial charge in [0.15, 0.2) is 0 Å². The van der Waals surface area contributed by atoms with Gasteiger partial charge in [0, 0.05) is 38.6 Å². The molecule has 2 bridgehead atoms. The number of nitrogens with one attached hydrogen (secondary N) is 1. The van der Waals surface area contributed by atoms with E-state index in [9.17, 15) is 9.59 Å². The van der Waals surface area contributed by atoms with E-state index in [2.05, 4.69) is 10.2 Å². The van der Waals surface area contributed by atoms with Crippen LogP contribution in [0.5, 0.6) is 0 Å². The van der Waals surface area contributed by atoms with Gasteiger partial charge in [0.25, 0.3) is 0 Å². The summed E-state index contributed by atoms with van der Waals surface area (Å²) in [6.07, 6.45) is 4.56. The van der Waals surface area contributed by atoms with Crippen LogP contribution in [0.25, 0.3) is 0 Å². The molecule has 3 saturated heterocycles. The van der Waals surface area contributed by atoms with Crippen molar-refractivity contribution in [1.29, 1.82) is 0 Å². The minimum atomic E-state index is -0.150. The molecule has 4 atom stereocenters. The van der Waals surface area contributed by atoms with Gasteiger partial charge in [-0.15, -0.1) is 12.4 Å². The molecule has 3 aliphatic rings. The summed E-state index contributed by atoms with van der Waals surface area (Å²) in [5.41, 5.74) is 1.06. The number of nitrogens with zero attached hydrogens (tertiary/aromatic N) is 2. The first-order valence-corrected chi connectivity index (χ1v) is 9.49. The number of piperidine rings is 1. The molecule has 0 aromatic heterocycles. The third kappa shape index (κ3) is 3.60. The van der Waals surface area contributed by atoms with Crippen molar-refractivity contribution in [1.82, 2.24) is 15.1 Å². The molecule has 3 fully saturated rings. The topological polar surface area (TPSA) is 52.7 Å². The Morgan fingerprint density at radius 2 is 1.81 bits per heavy atom. The zero-order valence-electron chi connectivity index (χ0n) is 15.3. The predicted molar refractivity (Wildman–Crippen MR) is 103 cm³/mol. The fourth-order valence-electron chi connectivity index (χ4n) is 4.78. The first kappa shape index (κ1) is 19.2. The van der Waals surface area contributed by atoms with E-state index in [1.807, 2.05) is 37.4 Å². The summed E-state index contributed by atoms with van der Waals surface area (Å²) in [6, 6.07) is 10.9. The summed E-state index contributed by atoms with van der Waals surface area (Å²) in [6.45, 7) is 1.65. The lowest BCUT2D eigenvalue weighted by Crippen LogP contribution is -2.49. The molecular formula is C20H28ClN3O2. The molecule has 1 N–H and O–H groups in total. The van der Waals surface area contributed by atoms with E-state index in [0.717, 1.165) is 25.1 Å². The predicted octanol–water partition coefficient (Wildman–Crippen LogP) is 2.37. The normalized spacial score (nSPS) is 31.3. The first-order chi connectivity index (χ1) is 12.1. The van der Waals surface area contributed by atoms with Crippen LogP contribution < -0.4 is 5.32 Å². The average molecular weight is 378 g/mol. The van der Waals surface area contributed by atoms with Crippen LogP contribution in [0.3, 0.4) is 0 Å². The Hall–Kier alpha value is -1.59. The largest absolute Gasteiger partial charge is 0.341 e. The van der Waals surface area contributed by atoms with E-state index < -0.39 is 0 Å². The highest BCUT2D eigenvalue weighted by atomic mass is 35.5. The Labute approximate surface area is 161 Å². The summed E-state index contributed by atoms with van der Waals surface area (Å²) in [5, 5.41) is 3.64. The molecule has 2 amide bonds. The van der Waals surface area contributed by atoms with Crippen molar-refractivity contribution in [3.05, 3.63) is 35.9 Å². The molecule has 142 valence electrons. The van der Waals surface area contributed by atoms with Crippen molar-refractivity contribution >= 4 is 24.2 Å². The van der Waals surface area contributed by atoms with Crippen molar-refractivity contribution in [2.24, 2.45) is 5.92 Å². The van der Waals surface area contributed by atoms with E-state index >= 15 is 0 Å². The molecule has 3 aliphatic heterocycles. The monoisotopic (exact) mass is 377 g/mol. The van der Waals surface area contributed by atoms with Crippen molar-refractivity contribution in [3.63, 3.8) is 0 Å². The highest BCUT2D eigenvalue weighted by molar-refractivity contribution is 5.85. The lowest BCUT2D eigenvalue weighted by Gasteiger charge is -2.40. The number of carbonyl (C=O) groups is 2. The molecule has 0 saturated carbocycles. The molecule has 0 radical (unpaired) electrons. The second-order valence-corrected chi connectivity index (χ2v) is 7.72. The van der Waals surface area contributed by atoms with Gasteiger partial charge in [0.2, 0.25) is 11.8 Å². The zero-order chi connectivity index (χ0) is 17.4. The van der Waals surface area contributed by atoms with Gasteiger partial charge < -0.3 is 15.1 Å². The van der Waals surface area contributed by atoms with E-state index in [4.69, 9.17) is 0 Å². The summed E-state index contributed by atoms with van der Waals surface area (Å²) in [5.74, 6) is 0.221. The van der Waals surface area contributed by atoms with Gasteiger partial charge in [-0.1, -0.05) is 30.3 Å². The summed E-state index contributed by atoms with van der Waals surface area (Å²) in [7, 11) is 1.84. The lowest BCUT2D eigenvalue weighted by atomic mass is 9.83. The van der Waals surface area contributed by atoms with Gasteiger partial charge in [-0.3, -0.25) is 9.59 Å². The van der Waals surface area contributed by atoms with Gasteiger partial charge in [0.05, 0.1) is 12.0 Å². The second-order valence-electron chi connectivity index (χ2n) is 7.72. The van der Waals surface area contributed by atoms with Gasteiger partial charge in [-0.05, 0) is 31.2 Å². The molecule has 0 aliphatic carbocycles. The first-order valence-electron chi connectivity index (χ1n) is 9.49. The third-order valence-corrected chi connectivity index (χ3v) is 6.15. The number of benzene rings is 1. The summed E-state index contributed by atoms with van der Waals surface area (Å²) >= 11 is 0. The van der Waals surface area contributed by atoms with Crippen molar-refractivity contribution < 1.29 is 9.59 Å². The number of fused-ring (bicyclic) bond motifs is 2. The summed E-state index contributed by atoms with van der Waals surface area (Å²) in [4.78, 5) is 29.5. The number of likely N-dealkylation sites (tertiary alicyclic amines) is 2. The molecule has 6 heteroatoms. The van der Waals surface area contributed by atoms with Crippen LogP contribution in [0.4, 0.5) is 0 Å². The highest BCUT2D eigenvalue weighted by Gasteiger charge is 2.42. The molecule has 26 heavy (non-hydrogen) atoms. The second kappa shape index (κ2) is 7.97. The van der Waals surface area contributed by atoms with Crippen molar-refractivity contribution in [2.75, 3.05) is 20.1 Å². The van der Waals surface area contributed by atoms with E-state index in [0.29, 0.717) is 24.9 Å². The fourth-order valence-corrected chi connectivity index (χ4v) is 4.78. The van der Waals surface area contributed by atoms with Crippen LogP contribution in [0.1, 0.15) is 43.7 Å². The molecule has 4 rings (SSSR count). The number of amides is 2. The van der Waals surface area contributed by atoms with Crippen molar-refractivity contribution in [2.45, 2.75) is 50.2 Å². The molecular weight excluding hydrogens is 350 g/mol. The van der Waals surface area contributed by atoms with Crippen LogP contribution in [0.2, 0.25) is 0 Å². The highest BCUT2D eigenvalue weighted by Crippen LogP contribution is 2.37. The Morgan fingerprint density at radius 3 is 2.58 bits per heavy atom. The Balaban J connectivity index is 0.00000196. The minimum absolute atomic E-state index is 0. The fraction of sp³-hybridized carbons (Fsp3) is 0.600. The molecule has 4 unspecified atom stereocenters. The number of rotatable bonds is 2. The number of halogens is 1. The van der Waals surface area contributed by atoms with Gasteiger partial charge in [0.1, 0.15) is 0 Å². The minimum Gasteiger partial charge on any atom is -0.341 e. The molecule has 0 spiro atoms. The molecule has 1 aromatic rings. The third-order valence-electron chi connectivity index (χ3n) is 6.15.